The Hall–Kier alpha value is -5.62. The Balaban J connectivity index is -0.000000861. The predicted molar refractivity (Wildman–Crippen MR) is 337 cm³/mol. The minimum Gasteiger partial charge on any atom is -0.207 e. The summed E-state index contributed by atoms with van der Waals surface area (Å²) >= 11 is 5.93. The lowest BCUT2D eigenvalue weighted by atomic mass is 9.85. The van der Waals surface area contributed by atoms with Crippen molar-refractivity contribution in [2.45, 2.75) is 220 Å². The van der Waals surface area contributed by atoms with Gasteiger partial charge in [-0.2, -0.15) is 18.4 Å². The molecule has 0 spiro atoms. The van der Waals surface area contributed by atoms with Crippen molar-refractivity contribution in [1.82, 2.24) is 0 Å². The van der Waals surface area contributed by atoms with Crippen molar-refractivity contribution in [3.8, 4) is 18.4 Å². The van der Waals surface area contributed by atoms with E-state index in [-0.39, 0.29) is 60.6 Å². The molecule has 0 bridgehead atoms. The fraction of sp³-hybridized carbons (Fsp3) is 0.458. The minimum absolute atomic E-state index is 0. The molecular formula is C72H102ClF4N. The van der Waals surface area contributed by atoms with Crippen LogP contribution in [0.3, 0.4) is 0 Å². The van der Waals surface area contributed by atoms with Crippen LogP contribution in [0.1, 0.15) is 219 Å². The number of nitriles is 1. The molecule has 1 nitrogen and oxygen atoms in total. The molecule has 6 aromatic carbocycles. The van der Waals surface area contributed by atoms with Crippen molar-refractivity contribution >= 4 is 11.6 Å². The molecule has 0 fully saturated rings. The number of aryl methyl sites for hydroxylation is 4. The molecule has 430 valence electrons. The summed E-state index contributed by atoms with van der Waals surface area (Å²) in [7, 11) is 0. The molecule has 0 unspecified atom stereocenters. The maximum Gasteiger partial charge on any atom is 0.416 e. The third-order valence-electron chi connectivity index (χ3n) is 12.2. The maximum atomic E-state index is 12.9. The van der Waals surface area contributed by atoms with Gasteiger partial charge >= 0.3 is 6.18 Å². The zero-order valence-electron chi connectivity index (χ0n) is 49.7. The molecule has 6 aromatic rings. The Kier molecular flexibility index (Phi) is 31.3. The highest BCUT2D eigenvalue weighted by atomic mass is 35.5. The Morgan fingerprint density at radius 3 is 1.17 bits per heavy atom. The summed E-state index contributed by atoms with van der Waals surface area (Å²) in [6.07, 6.45) is 1.56. The zero-order valence-corrected chi connectivity index (χ0v) is 50.5. The second-order valence-corrected chi connectivity index (χ2v) is 26.0. The first-order chi connectivity index (χ1) is 34.0. The van der Waals surface area contributed by atoms with Crippen molar-refractivity contribution < 1.29 is 17.6 Å². The molecule has 0 aliphatic heterocycles. The second kappa shape index (κ2) is 31.8. The third-order valence-corrected chi connectivity index (χ3v) is 12.6. The number of alkyl halides is 3. The monoisotopic (exact) mass is 1090 g/mol. The van der Waals surface area contributed by atoms with Crippen molar-refractivity contribution in [3.63, 3.8) is 0 Å². The smallest absolute Gasteiger partial charge is 0.207 e. The molecule has 0 saturated carbocycles. The van der Waals surface area contributed by atoms with Gasteiger partial charge in [-0.05, 0) is 147 Å². The molecule has 0 aliphatic carbocycles. The van der Waals surface area contributed by atoms with E-state index < -0.39 is 11.7 Å². The number of halogens is 5. The van der Waals surface area contributed by atoms with Crippen LogP contribution in [0.25, 0.3) is 0 Å². The van der Waals surface area contributed by atoms with Crippen molar-refractivity contribution in [2.24, 2.45) is 0 Å². The summed E-state index contributed by atoms with van der Waals surface area (Å²) in [5.74, 6) is 2.52. The van der Waals surface area contributed by atoms with Gasteiger partial charge in [0.25, 0.3) is 0 Å². The second-order valence-electron chi connectivity index (χ2n) is 25.6. The number of rotatable bonds is 1. The summed E-state index contributed by atoms with van der Waals surface area (Å²) in [6, 6.07) is 43.0. The topological polar surface area (TPSA) is 23.8 Å². The van der Waals surface area contributed by atoms with Gasteiger partial charge in [-0.25, -0.2) is 4.39 Å². The fourth-order valence-electron chi connectivity index (χ4n) is 7.00. The van der Waals surface area contributed by atoms with Gasteiger partial charge in [-0.1, -0.05) is 267 Å². The third kappa shape index (κ3) is 28.3. The van der Waals surface area contributed by atoms with E-state index in [0.29, 0.717) is 12.0 Å². The largest absolute Gasteiger partial charge is 0.416 e. The summed E-state index contributed by atoms with van der Waals surface area (Å²) in [5.41, 5.74) is 13.4. The zero-order chi connectivity index (χ0) is 58.1. The summed E-state index contributed by atoms with van der Waals surface area (Å²) in [4.78, 5) is 0. The van der Waals surface area contributed by atoms with Crippen LogP contribution in [-0.4, -0.2) is 0 Å². The van der Waals surface area contributed by atoms with Crippen molar-refractivity contribution in [1.29, 1.82) is 5.26 Å². The highest BCUT2D eigenvalue weighted by molar-refractivity contribution is 6.31. The highest BCUT2D eigenvalue weighted by Crippen LogP contribution is 2.34. The van der Waals surface area contributed by atoms with E-state index in [9.17, 15) is 17.6 Å². The predicted octanol–water partition coefficient (Wildman–Crippen LogP) is 22.9. The van der Waals surface area contributed by atoms with Crippen LogP contribution in [0.4, 0.5) is 17.6 Å². The van der Waals surface area contributed by atoms with Gasteiger partial charge in [0.05, 0.1) is 18.1 Å². The van der Waals surface area contributed by atoms with Gasteiger partial charge in [0, 0.05) is 10.6 Å². The SMILES string of the molecule is C.C.C.C#Cc1cccc(C(C)(C)C)c1.CC(C)(C)c1ccc(CC#N)cc1.Cc1cc(C(C)(C)C)cc(C(F)(F)F)c1.Cc1cc(C(C)(C)C)ccc1Cl.Cc1cc(C(C)(C)C)ccc1F.Cc1cccc(C(C)(C)C)c1. The maximum absolute atomic E-state index is 12.9. The van der Waals surface area contributed by atoms with E-state index in [0.717, 1.165) is 32.8 Å². The van der Waals surface area contributed by atoms with Crippen LogP contribution in [-0.2, 0) is 45.1 Å². The lowest BCUT2D eigenvalue weighted by Gasteiger charge is -2.21. The summed E-state index contributed by atoms with van der Waals surface area (Å²) < 4.78 is 50.5. The lowest BCUT2D eigenvalue weighted by Crippen LogP contribution is -2.14. The van der Waals surface area contributed by atoms with E-state index in [1.807, 2.05) is 70.2 Å². The van der Waals surface area contributed by atoms with Crippen molar-refractivity contribution in [2.75, 3.05) is 0 Å². The molecule has 0 radical (unpaired) electrons. The quantitative estimate of drug-likeness (QED) is 0.119. The first kappa shape index (κ1) is 76.6. The van der Waals surface area contributed by atoms with Crippen LogP contribution in [0.2, 0.25) is 5.02 Å². The van der Waals surface area contributed by atoms with Gasteiger partial charge < -0.3 is 0 Å². The number of benzene rings is 6. The number of nitrogens with zero attached hydrogens (tertiary/aromatic N) is 1. The molecule has 78 heavy (non-hydrogen) atoms. The Morgan fingerprint density at radius 1 is 0.423 bits per heavy atom. The molecule has 0 aromatic heterocycles. The van der Waals surface area contributed by atoms with Crippen LogP contribution < -0.4 is 0 Å². The summed E-state index contributed by atoms with van der Waals surface area (Å²) in [5, 5.41) is 9.35. The van der Waals surface area contributed by atoms with Crippen LogP contribution in [0.5, 0.6) is 0 Å². The Morgan fingerprint density at radius 2 is 0.795 bits per heavy atom. The molecule has 0 heterocycles. The minimum atomic E-state index is -4.26. The average molecular weight is 1090 g/mol. The Bertz CT molecular complexity index is 2700. The van der Waals surface area contributed by atoms with Gasteiger partial charge in [0.2, 0.25) is 0 Å². The standard InChI is InChI=1S/C12H15F3.C12H15N.C12H14.C11H15Cl.C11H15F.C11H16.3CH4/c1-8-5-9(11(2,3)4)7-10(6-8)12(13,14)15;1-12(2,3)11-6-4-10(5-7-11)8-9-13;1-5-10-7-6-8-11(9-10)12(2,3)4;2*1-8-7-9(11(2,3)4)5-6-10(8)12;1-9-6-5-7-10(8-9)11(2,3)4;;;/h5-7H,1-4H3;4-7H,8H2,1-3H3;1,6-9H,2-4H3;2*5-7H,1-4H3;5-8H,1-4H3;3*1H4. The molecule has 6 rings (SSSR count). The number of hydrogen-bond acceptors (Lipinski definition) is 1. The summed E-state index contributed by atoms with van der Waals surface area (Å²) in [6.45, 7) is 46.2. The highest BCUT2D eigenvalue weighted by Gasteiger charge is 2.32. The Labute approximate surface area is 480 Å². The van der Waals surface area contributed by atoms with Crippen LogP contribution >= 0.6 is 11.6 Å². The normalized spacial score (nSPS) is 11.2. The van der Waals surface area contributed by atoms with Crippen molar-refractivity contribution in [3.05, 3.63) is 211 Å². The molecular weight excluding hydrogens is 990 g/mol. The van der Waals surface area contributed by atoms with E-state index in [4.69, 9.17) is 23.3 Å². The van der Waals surface area contributed by atoms with E-state index >= 15 is 0 Å². The first-order valence-electron chi connectivity index (χ1n) is 25.8. The molecule has 0 saturated heterocycles. The van der Waals surface area contributed by atoms with E-state index in [1.165, 1.54) is 51.6 Å². The van der Waals surface area contributed by atoms with Gasteiger partial charge in [-0.15, -0.1) is 6.42 Å². The first-order valence-corrected chi connectivity index (χ1v) is 26.2. The van der Waals surface area contributed by atoms with Gasteiger partial charge in [0.1, 0.15) is 5.82 Å². The fourth-order valence-corrected chi connectivity index (χ4v) is 7.12. The van der Waals surface area contributed by atoms with Crippen LogP contribution in [0.15, 0.2) is 127 Å². The lowest BCUT2D eigenvalue weighted by molar-refractivity contribution is -0.137. The van der Waals surface area contributed by atoms with Gasteiger partial charge in [0.15, 0.2) is 0 Å². The van der Waals surface area contributed by atoms with E-state index in [2.05, 4.69) is 183 Å². The molecule has 0 aliphatic rings. The van der Waals surface area contributed by atoms with Crippen LogP contribution in [0, 0.1) is 57.2 Å². The molecule has 0 N–H and O–H groups in total. The van der Waals surface area contributed by atoms with E-state index in [1.54, 1.807) is 19.9 Å². The average Bonchev–Trinajstić information content (AvgIpc) is 3.27. The van der Waals surface area contributed by atoms with Gasteiger partial charge in [-0.3, -0.25) is 0 Å². The molecule has 6 heteroatoms. The number of terminal acetylenes is 1. The molecule has 0 amide bonds. The molecule has 0 atom stereocenters. The number of hydrogen-bond donors (Lipinski definition) is 0.